The van der Waals surface area contributed by atoms with E-state index in [9.17, 15) is 0 Å². The van der Waals surface area contributed by atoms with Gasteiger partial charge in [0.25, 0.3) is 0 Å². The minimum absolute atomic E-state index is 0.171. The van der Waals surface area contributed by atoms with Crippen molar-refractivity contribution in [1.29, 1.82) is 5.41 Å². The summed E-state index contributed by atoms with van der Waals surface area (Å²) in [6, 6.07) is 0. The first-order chi connectivity index (χ1) is 2.27. The molecule has 0 fully saturated rings. The summed E-state index contributed by atoms with van der Waals surface area (Å²) in [5.74, 6) is 0. The summed E-state index contributed by atoms with van der Waals surface area (Å²) in [5, 5.41) is 6.66. The van der Waals surface area contributed by atoms with Crippen LogP contribution in [0.5, 0.6) is 0 Å². The van der Waals surface area contributed by atoms with Crippen LogP contribution >= 0.6 is 11.8 Å². The normalized spacial score (nSPS) is 7.40. The summed E-state index contributed by atoms with van der Waals surface area (Å²) in [6.45, 7) is 0. The molecule has 3 heteroatoms. The van der Waals surface area contributed by atoms with Gasteiger partial charge in [0.15, 0.2) is 5.17 Å². The van der Waals surface area contributed by atoms with Gasteiger partial charge in [-0.1, -0.05) is 11.8 Å². The number of amidine groups is 1. The molecule has 0 rings (SSSR count). The number of thioether (sulfide) groups is 1. The molecule has 0 aliphatic heterocycles. The summed E-state index contributed by atoms with van der Waals surface area (Å²) < 4.78 is 0. The second-order valence-electron chi connectivity index (χ2n) is 0.568. The lowest BCUT2D eigenvalue weighted by Gasteiger charge is -1.78. The molecule has 0 radical (unpaired) electrons. The molecule has 0 aromatic heterocycles. The van der Waals surface area contributed by atoms with Crippen molar-refractivity contribution < 1.29 is 0 Å². The van der Waals surface area contributed by atoms with Gasteiger partial charge in [-0.25, -0.2) is 0 Å². The van der Waals surface area contributed by atoms with Crippen LogP contribution in [0.2, 0.25) is 0 Å². The van der Waals surface area contributed by atoms with Crippen molar-refractivity contribution in [2.75, 3.05) is 6.26 Å². The summed E-state index contributed by atoms with van der Waals surface area (Å²) in [7, 11) is 0. The molecular formula is C2H6N2S. The molecule has 5 heavy (non-hydrogen) atoms. The molecule has 0 heterocycles. The van der Waals surface area contributed by atoms with Crippen LogP contribution in [0.25, 0.3) is 0 Å². The van der Waals surface area contributed by atoms with Gasteiger partial charge in [0.05, 0.1) is 0 Å². The molecule has 0 amide bonds. The predicted octanol–water partition coefficient (Wildman–Crippen LogP) is 0.243. The third-order valence-electron chi connectivity index (χ3n) is 0.220. The molecule has 0 atom stereocenters. The Bertz CT molecular complexity index is 42.9. The highest BCUT2D eigenvalue weighted by atomic mass is 32.2. The lowest BCUT2D eigenvalue weighted by Crippen LogP contribution is -2.01. The fourth-order valence-electron chi connectivity index (χ4n) is 0. The minimum atomic E-state index is 0.171. The van der Waals surface area contributed by atoms with E-state index < -0.39 is 0 Å². The second kappa shape index (κ2) is 2.08. The van der Waals surface area contributed by atoms with Gasteiger partial charge in [-0.05, 0) is 6.26 Å². The van der Waals surface area contributed by atoms with Crippen LogP contribution in [0, 0.1) is 5.41 Å². The van der Waals surface area contributed by atoms with Gasteiger partial charge >= 0.3 is 0 Å². The van der Waals surface area contributed by atoms with E-state index in [-0.39, 0.29) is 5.17 Å². The number of rotatable bonds is 0. The van der Waals surface area contributed by atoms with Crippen LogP contribution < -0.4 is 5.73 Å². The zero-order valence-electron chi connectivity index (χ0n) is 2.99. The molecule has 0 unspecified atom stereocenters. The van der Waals surface area contributed by atoms with E-state index in [4.69, 9.17) is 11.1 Å². The maximum absolute atomic E-state index is 6.48. The zero-order chi connectivity index (χ0) is 4.28. The molecule has 0 aromatic rings. The van der Waals surface area contributed by atoms with Gasteiger partial charge in [-0.2, -0.15) is 0 Å². The van der Waals surface area contributed by atoms with E-state index in [1.807, 2.05) is 0 Å². The van der Waals surface area contributed by atoms with Crippen molar-refractivity contribution in [2.24, 2.45) is 5.73 Å². The molecule has 0 aliphatic carbocycles. The first-order valence-electron chi connectivity index (χ1n) is 1.15. The van der Waals surface area contributed by atoms with Crippen molar-refractivity contribution in [2.45, 2.75) is 0 Å². The third kappa shape index (κ3) is 3.82. The Morgan fingerprint density at radius 1 is 2.00 bits per heavy atom. The monoisotopic (exact) mass is 91.0 g/mol. The average molecular weight is 91.1 g/mol. The second-order valence-corrected chi connectivity index (χ2v) is 1.42. The molecule has 3 N–H and O–H groups in total. The van der Waals surface area contributed by atoms with Gasteiger partial charge in [-0.15, -0.1) is 0 Å². The largest absolute Gasteiger partial charge is 0.379 e. The number of nitrogens with two attached hydrogens (primary N) is 1. The van der Waals surface area contributed by atoms with Gasteiger partial charge in [0.1, 0.15) is 0 Å². The van der Waals surface area contributed by atoms with Crippen LogP contribution in [0.4, 0.5) is 0 Å². The van der Waals surface area contributed by atoms with Crippen molar-refractivity contribution in [3.05, 3.63) is 0 Å². The highest BCUT2D eigenvalue weighted by molar-refractivity contribution is 8.13. The first-order valence-corrected chi connectivity index (χ1v) is 2.38. The Kier molecular flexibility index (Phi) is 2.01. The van der Waals surface area contributed by atoms with E-state index in [1.54, 1.807) is 6.26 Å². The van der Waals surface area contributed by atoms with Crippen LogP contribution in [0.1, 0.15) is 0 Å². The molecule has 0 saturated carbocycles. The lowest BCUT2D eigenvalue weighted by molar-refractivity contribution is 1.51. The maximum atomic E-state index is 6.48. The van der Waals surface area contributed by atoms with E-state index in [2.05, 4.69) is 0 Å². The van der Waals surface area contributed by atoms with Crippen LogP contribution in [-0.4, -0.2) is 11.4 Å². The Labute approximate surface area is 35.3 Å². The van der Waals surface area contributed by atoms with Crippen molar-refractivity contribution >= 4 is 16.9 Å². The lowest BCUT2D eigenvalue weighted by atomic mass is 12.0. The van der Waals surface area contributed by atoms with E-state index in [1.165, 1.54) is 11.8 Å². The average Bonchev–Trinajstić information content (AvgIpc) is 1.38. The van der Waals surface area contributed by atoms with Gasteiger partial charge in [0.2, 0.25) is 0 Å². The smallest absolute Gasteiger partial charge is 0.150 e. The van der Waals surface area contributed by atoms with Crippen LogP contribution in [0.15, 0.2) is 0 Å². The van der Waals surface area contributed by atoms with E-state index in [0.29, 0.717) is 0 Å². The fraction of sp³-hybridized carbons (Fsp3) is 0.500. The quantitative estimate of drug-likeness (QED) is 0.255. The zero-order valence-corrected chi connectivity index (χ0v) is 3.80. The summed E-state index contributed by atoms with van der Waals surface area (Å²) in [4.78, 5) is 0. The summed E-state index contributed by atoms with van der Waals surface area (Å²) in [6.07, 6.45) is 1.77. The highest BCUT2D eigenvalue weighted by Crippen LogP contribution is 1.83. The van der Waals surface area contributed by atoms with Crippen LogP contribution in [-0.2, 0) is 0 Å². The molecule has 0 spiro atoms. The first kappa shape index (κ1) is 4.82. The third-order valence-corrected chi connectivity index (χ3v) is 0.660. The molecule has 0 bridgehead atoms. The van der Waals surface area contributed by atoms with E-state index in [0.717, 1.165) is 0 Å². The highest BCUT2D eigenvalue weighted by Gasteiger charge is 1.71. The number of nitrogens with one attached hydrogen (secondary N) is 1. The number of hydrogen-bond donors (Lipinski definition) is 2. The predicted molar refractivity (Wildman–Crippen MR) is 25.4 cm³/mol. The SMILES string of the molecule is CS[13C](=N)N. The molecule has 2 nitrogen and oxygen atoms in total. The molecule has 30 valence electrons. The Morgan fingerprint density at radius 3 is 2.20 bits per heavy atom. The minimum Gasteiger partial charge on any atom is -0.379 e. The molecular weight excluding hydrogens is 85.1 g/mol. The summed E-state index contributed by atoms with van der Waals surface area (Å²) >= 11 is 1.24. The fourth-order valence-corrected chi connectivity index (χ4v) is 0. The Balaban J connectivity index is 2.85. The standard InChI is InChI=1S/C2H6N2S/c1-5-2(3)4/h1H3,(H3,3,4)/i2+1. The van der Waals surface area contributed by atoms with Crippen molar-refractivity contribution in [3.8, 4) is 0 Å². The van der Waals surface area contributed by atoms with Crippen molar-refractivity contribution in [3.63, 3.8) is 0 Å². The Hall–Kier alpha value is -0.180. The van der Waals surface area contributed by atoms with Gasteiger partial charge in [-0.3, -0.25) is 5.41 Å². The van der Waals surface area contributed by atoms with Gasteiger partial charge < -0.3 is 5.73 Å². The molecule has 0 saturated heterocycles. The maximum Gasteiger partial charge on any atom is 0.150 e. The summed E-state index contributed by atoms with van der Waals surface area (Å²) in [5.41, 5.74) is 4.84. The van der Waals surface area contributed by atoms with Crippen molar-refractivity contribution in [1.82, 2.24) is 0 Å². The Morgan fingerprint density at radius 2 is 2.20 bits per heavy atom. The van der Waals surface area contributed by atoms with E-state index >= 15 is 0 Å². The van der Waals surface area contributed by atoms with Crippen LogP contribution in [0.3, 0.4) is 0 Å². The van der Waals surface area contributed by atoms with Gasteiger partial charge in [0, 0.05) is 0 Å². The number of hydrogen-bond acceptors (Lipinski definition) is 2. The molecule has 0 aromatic carbocycles. The topological polar surface area (TPSA) is 49.9 Å². The molecule has 0 aliphatic rings.